The maximum absolute atomic E-state index is 4.39. The molecule has 3 aromatic rings. The van der Waals surface area contributed by atoms with Crippen LogP contribution in [-0.4, -0.2) is 16.5 Å². The van der Waals surface area contributed by atoms with E-state index in [-0.39, 0.29) is 0 Å². The number of aromatic nitrogens is 2. The van der Waals surface area contributed by atoms with Gasteiger partial charge in [-0.25, -0.2) is 9.97 Å². The molecular formula is C20H21N3. The number of nitrogens with one attached hydrogen (secondary N) is 1. The SMILES string of the molecule is c1ccc(CCc2cc(CCNc3ccccc3)ncn2)cc1. The minimum atomic E-state index is 0.874. The molecule has 0 saturated carbocycles. The van der Waals surface area contributed by atoms with Crippen LogP contribution in [0.3, 0.4) is 0 Å². The average Bonchev–Trinajstić information content (AvgIpc) is 2.62. The summed E-state index contributed by atoms with van der Waals surface area (Å²) in [6.07, 6.45) is 4.54. The molecule has 3 rings (SSSR count). The molecule has 1 N–H and O–H groups in total. The summed E-state index contributed by atoms with van der Waals surface area (Å²) in [5, 5.41) is 3.41. The van der Waals surface area contributed by atoms with Gasteiger partial charge in [-0.05, 0) is 36.6 Å². The fraction of sp³-hybridized carbons (Fsp3) is 0.200. The van der Waals surface area contributed by atoms with Gasteiger partial charge < -0.3 is 5.32 Å². The smallest absolute Gasteiger partial charge is 0.115 e. The van der Waals surface area contributed by atoms with Crippen molar-refractivity contribution in [1.82, 2.24) is 9.97 Å². The summed E-state index contributed by atoms with van der Waals surface area (Å²) in [6.45, 7) is 0.874. The quantitative estimate of drug-likeness (QED) is 0.719. The third kappa shape index (κ3) is 4.92. The Morgan fingerprint density at radius 2 is 1.35 bits per heavy atom. The van der Waals surface area contributed by atoms with E-state index in [9.17, 15) is 0 Å². The Bertz CT molecular complexity index is 711. The Labute approximate surface area is 137 Å². The molecule has 23 heavy (non-hydrogen) atoms. The molecule has 0 bridgehead atoms. The van der Waals surface area contributed by atoms with Crippen molar-refractivity contribution in [3.05, 3.63) is 90.0 Å². The van der Waals surface area contributed by atoms with Gasteiger partial charge in [0.1, 0.15) is 6.33 Å². The lowest BCUT2D eigenvalue weighted by Gasteiger charge is -2.07. The maximum atomic E-state index is 4.39. The molecule has 0 unspecified atom stereocenters. The molecule has 1 heterocycles. The summed E-state index contributed by atoms with van der Waals surface area (Å²) < 4.78 is 0. The van der Waals surface area contributed by atoms with Crippen molar-refractivity contribution < 1.29 is 0 Å². The Hall–Kier alpha value is -2.68. The molecule has 0 aliphatic rings. The Morgan fingerprint density at radius 1 is 0.696 bits per heavy atom. The third-order valence-electron chi connectivity index (χ3n) is 3.78. The molecule has 3 heteroatoms. The highest BCUT2D eigenvalue weighted by Gasteiger charge is 2.01. The third-order valence-corrected chi connectivity index (χ3v) is 3.78. The average molecular weight is 303 g/mol. The molecule has 0 aliphatic heterocycles. The molecule has 0 saturated heterocycles. The summed E-state index contributed by atoms with van der Waals surface area (Å²) >= 11 is 0. The van der Waals surface area contributed by atoms with Gasteiger partial charge in [-0.2, -0.15) is 0 Å². The van der Waals surface area contributed by atoms with E-state index in [4.69, 9.17) is 0 Å². The number of anilines is 1. The molecule has 2 aromatic carbocycles. The normalized spacial score (nSPS) is 10.4. The van der Waals surface area contributed by atoms with Gasteiger partial charge in [0.2, 0.25) is 0 Å². The predicted molar refractivity (Wildman–Crippen MR) is 94.5 cm³/mol. The molecule has 0 amide bonds. The van der Waals surface area contributed by atoms with Crippen LogP contribution in [0.5, 0.6) is 0 Å². The van der Waals surface area contributed by atoms with E-state index in [1.807, 2.05) is 24.3 Å². The van der Waals surface area contributed by atoms with Gasteiger partial charge >= 0.3 is 0 Å². The van der Waals surface area contributed by atoms with E-state index >= 15 is 0 Å². The Kier molecular flexibility index (Phi) is 5.35. The van der Waals surface area contributed by atoms with Gasteiger partial charge in [0.05, 0.1) is 0 Å². The van der Waals surface area contributed by atoms with Crippen molar-refractivity contribution in [2.24, 2.45) is 0 Å². The van der Waals surface area contributed by atoms with Crippen LogP contribution in [0.1, 0.15) is 17.0 Å². The lowest BCUT2D eigenvalue weighted by atomic mass is 10.1. The Balaban J connectivity index is 1.51. The van der Waals surface area contributed by atoms with E-state index in [0.29, 0.717) is 0 Å². The van der Waals surface area contributed by atoms with Gasteiger partial charge in [-0.15, -0.1) is 0 Å². The van der Waals surface area contributed by atoms with Crippen LogP contribution in [0.25, 0.3) is 0 Å². The summed E-state index contributed by atoms with van der Waals surface area (Å²) in [5.41, 5.74) is 4.69. The first-order valence-corrected chi connectivity index (χ1v) is 8.03. The van der Waals surface area contributed by atoms with Gasteiger partial charge in [-0.3, -0.25) is 0 Å². The molecule has 3 nitrogen and oxygen atoms in total. The number of rotatable bonds is 7. The summed E-state index contributed by atoms with van der Waals surface area (Å²) in [5.74, 6) is 0. The molecule has 0 radical (unpaired) electrons. The van der Waals surface area contributed by atoms with Gasteiger partial charge in [0, 0.05) is 30.0 Å². The molecule has 0 spiro atoms. The molecule has 1 aromatic heterocycles. The minimum absolute atomic E-state index is 0.874. The predicted octanol–water partition coefficient (Wildman–Crippen LogP) is 3.92. The van der Waals surface area contributed by atoms with Crippen molar-refractivity contribution in [3.63, 3.8) is 0 Å². The molecule has 0 fully saturated rings. The Morgan fingerprint density at radius 3 is 2.09 bits per heavy atom. The number of aryl methyl sites for hydroxylation is 2. The molecular weight excluding hydrogens is 282 g/mol. The second-order valence-corrected chi connectivity index (χ2v) is 5.53. The number of benzene rings is 2. The van der Waals surface area contributed by atoms with E-state index in [1.165, 1.54) is 5.56 Å². The highest BCUT2D eigenvalue weighted by molar-refractivity contribution is 5.42. The highest BCUT2D eigenvalue weighted by atomic mass is 14.9. The maximum Gasteiger partial charge on any atom is 0.115 e. The number of hydrogen-bond acceptors (Lipinski definition) is 3. The van der Waals surface area contributed by atoms with Crippen molar-refractivity contribution in [1.29, 1.82) is 0 Å². The van der Waals surface area contributed by atoms with Crippen LogP contribution in [-0.2, 0) is 19.3 Å². The molecule has 0 aliphatic carbocycles. The molecule has 116 valence electrons. The summed E-state index contributed by atoms with van der Waals surface area (Å²) in [4.78, 5) is 8.76. The van der Waals surface area contributed by atoms with Crippen LogP contribution in [0.15, 0.2) is 73.1 Å². The fourth-order valence-corrected chi connectivity index (χ4v) is 2.53. The zero-order chi connectivity index (χ0) is 15.7. The van der Waals surface area contributed by atoms with E-state index < -0.39 is 0 Å². The van der Waals surface area contributed by atoms with Crippen molar-refractivity contribution in [2.45, 2.75) is 19.3 Å². The van der Waals surface area contributed by atoms with Crippen LogP contribution < -0.4 is 5.32 Å². The zero-order valence-corrected chi connectivity index (χ0v) is 13.2. The first-order chi connectivity index (χ1) is 11.4. The largest absolute Gasteiger partial charge is 0.385 e. The van der Waals surface area contributed by atoms with Crippen LogP contribution in [0, 0.1) is 0 Å². The summed E-state index contributed by atoms with van der Waals surface area (Å²) in [7, 11) is 0. The lowest BCUT2D eigenvalue weighted by Crippen LogP contribution is -2.07. The standard InChI is InChI=1S/C20H21N3/c1-3-7-17(8-4-1)11-12-19-15-20(23-16-22-19)13-14-21-18-9-5-2-6-10-18/h1-10,15-16,21H,11-14H2. The van der Waals surface area contributed by atoms with Gasteiger partial charge in [0.25, 0.3) is 0 Å². The molecule has 0 atom stereocenters. The first-order valence-electron chi connectivity index (χ1n) is 8.03. The fourth-order valence-electron chi connectivity index (χ4n) is 2.53. The van der Waals surface area contributed by atoms with Gasteiger partial charge in [-0.1, -0.05) is 48.5 Å². The zero-order valence-electron chi connectivity index (χ0n) is 13.2. The number of nitrogens with zero attached hydrogens (tertiary/aromatic N) is 2. The lowest BCUT2D eigenvalue weighted by molar-refractivity contribution is 0.867. The monoisotopic (exact) mass is 303 g/mol. The topological polar surface area (TPSA) is 37.8 Å². The highest BCUT2D eigenvalue weighted by Crippen LogP contribution is 2.08. The number of hydrogen-bond donors (Lipinski definition) is 1. The van der Waals surface area contributed by atoms with E-state index in [1.54, 1.807) is 6.33 Å². The van der Waals surface area contributed by atoms with Crippen LogP contribution in [0.2, 0.25) is 0 Å². The van der Waals surface area contributed by atoms with Crippen LogP contribution >= 0.6 is 0 Å². The van der Waals surface area contributed by atoms with Crippen molar-refractivity contribution >= 4 is 5.69 Å². The first kappa shape index (κ1) is 15.2. The second-order valence-electron chi connectivity index (χ2n) is 5.53. The van der Waals surface area contributed by atoms with Gasteiger partial charge in [0.15, 0.2) is 0 Å². The minimum Gasteiger partial charge on any atom is -0.385 e. The van der Waals surface area contributed by atoms with E-state index in [0.717, 1.165) is 42.9 Å². The van der Waals surface area contributed by atoms with Crippen LogP contribution in [0.4, 0.5) is 5.69 Å². The number of para-hydroxylation sites is 1. The van der Waals surface area contributed by atoms with Crippen molar-refractivity contribution in [3.8, 4) is 0 Å². The van der Waals surface area contributed by atoms with Crippen molar-refractivity contribution in [2.75, 3.05) is 11.9 Å². The summed E-state index contributed by atoms with van der Waals surface area (Å²) in [6, 6.07) is 22.9. The second kappa shape index (κ2) is 8.08. The van der Waals surface area contributed by atoms with E-state index in [2.05, 4.69) is 57.7 Å².